The average Bonchev–Trinajstić information content (AvgIpc) is 3.13. The van der Waals surface area contributed by atoms with Crippen LogP contribution in [-0.4, -0.2) is 40.9 Å². The number of nitrogens with one attached hydrogen (secondary N) is 2. The third kappa shape index (κ3) is 5.39. The van der Waals surface area contributed by atoms with Gasteiger partial charge in [0.05, 0.1) is 0 Å². The lowest BCUT2D eigenvalue weighted by atomic mass is 10.0. The zero-order valence-electron chi connectivity index (χ0n) is 19.2. The lowest BCUT2D eigenvalue weighted by molar-refractivity contribution is -0.274. The molecule has 0 bridgehead atoms. The summed E-state index contributed by atoms with van der Waals surface area (Å²) < 4.78 is 70.4. The summed E-state index contributed by atoms with van der Waals surface area (Å²) in [6, 6.07) is 5.80. The lowest BCUT2D eigenvalue weighted by Crippen LogP contribution is -2.52. The van der Waals surface area contributed by atoms with Gasteiger partial charge in [-0.3, -0.25) is 24.5 Å². The van der Waals surface area contributed by atoms with E-state index >= 15 is 0 Å². The first kappa shape index (κ1) is 26.0. The van der Waals surface area contributed by atoms with Gasteiger partial charge in [-0.1, -0.05) is 12.1 Å². The first-order valence-electron chi connectivity index (χ1n) is 11.1. The van der Waals surface area contributed by atoms with E-state index in [2.05, 4.69) is 15.4 Å². The number of fused-ring (bicyclic) bond motifs is 1. The number of nitrogens with zero attached hydrogens (tertiary/aromatic N) is 1. The molecule has 37 heavy (non-hydrogen) atoms. The number of carbonyl (C=O) groups is 4. The molecule has 1 fully saturated rings. The second-order valence-corrected chi connectivity index (χ2v) is 8.68. The molecule has 2 N–H and O–H groups in total. The molecule has 13 heteroatoms. The molecule has 0 aromatic heterocycles. The molecule has 0 radical (unpaired) electrons. The van der Waals surface area contributed by atoms with E-state index in [4.69, 9.17) is 0 Å². The molecular weight excluding hydrogens is 505 g/mol. The molecule has 2 aromatic carbocycles. The number of halogens is 5. The van der Waals surface area contributed by atoms with Crippen LogP contribution in [0.1, 0.15) is 45.5 Å². The van der Waals surface area contributed by atoms with Gasteiger partial charge in [-0.05, 0) is 54.3 Å². The summed E-state index contributed by atoms with van der Waals surface area (Å²) in [5.41, 5.74) is 0.222. The van der Waals surface area contributed by atoms with Gasteiger partial charge in [0.2, 0.25) is 11.8 Å². The number of hydrogen-bond acceptors (Lipinski definition) is 5. The van der Waals surface area contributed by atoms with Crippen molar-refractivity contribution >= 4 is 23.6 Å². The number of amides is 4. The number of alkyl halides is 5. The molecule has 0 unspecified atom stereocenters. The number of aryl methyl sites for hydroxylation is 1. The summed E-state index contributed by atoms with van der Waals surface area (Å²) in [4.78, 5) is 49.9. The van der Waals surface area contributed by atoms with E-state index in [1.54, 1.807) is 6.07 Å². The molecule has 2 aliphatic rings. The molecule has 1 saturated heterocycles. The van der Waals surface area contributed by atoms with Crippen molar-refractivity contribution in [3.8, 4) is 5.75 Å². The highest BCUT2D eigenvalue weighted by molar-refractivity contribution is 6.05. The Labute approximate surface area is 206 Å². The number of benzene rings is 2. The van der Waals surface area contributed by atoms with Crippen molar-refractivity contribution in [2.75, 3.05) is 0 Å². The molecule has 2 heterocycles. The molecule has 196 valence electrons. The van der Waals surface area contributed by atoms with Crippen LogP contribution < -0.4 is 15.4 Å². The van der Waals surface area contributed by atoms with Crippen molar-refractivity contribution in [2.24, 2.45) is 0 Å². The molecule has 4 amide bonds. The van der Waals surface area contributed by atoms with E-state index in [1.807, 2.05) is 0 Å². The van der Waals surface area contributed by atoms with Crippen molar-refractivity contribution in [1.29, 1.82) is 0 Å². The number of hydrogen-bond donors (Lipinski definition) is 2. The van der Waals surface area contributed by atoms with Crippen LogP contribution in [0.2, 0.25) is 0 Å². The molecule has 2 aromatic rings. The fourth-order valence-electron chi connectivity index (χ4n) is 4.25. The van der Waals surface area contributed by atoms with E-state index in [9.17, 15) is 41.1 Å². The monoisotopic (exact) mass is 525 g/mol. The number of carbonyl (C=O) groups excluding carboxylic acids is 4. The minimum absolute atomic E-state index is 0.0734. The average molecular weight is 525 g/mol. The Balaban J connectivity index is 1.42. The first-order valence-corrected chi connectivity index (χ1v) is 11.1. The van der Waals surface area contributed by atoms with E-state index < -0.39 is 53.3 Å². The maximum atomic E-state index is 14.7. The van der Waals surface area contributed by atoms with Gasteiger partial charge in [0.1, 0.15) is 11.8 Å². The normalized spacial score (nSPS) is 17.9. The SMILES string of the molecule is Cc1cc(C(F)(F)C(=O)NCc2ccc3c(c2)CN([C@@H]2CCC(=O)NC2=O)C3=O)ccc1OC(F)(F)F. The molecule has 2 aliphatic heterocycles. The number of imide groups is 1. The van der Waals surface area contributed by atoms with Gasteiger partial charge < -0.3 is 15.0 Å². The third-order valence-corrected chi connectivity index (χ3v) is 6.09. The highest BCUT2D eigenvalue weighted by Crippen LogP contribution is 2.34. The standard InChI is InChI=1S/C24H20F5N3O5/c1-12-8-15(3-6-18(12)37-24(27,28)29)23(25,26)22(36)30-10-13-2-4-16-14(9-13)11-32(21(16)35)17-5-7-19(33)31-20(17)34/h2-4,6,8-9,17H,5,7,10-11H2,1H3,(H,30,36)(H,31,33,34)/t17-/m1/s1. The van der Waals surface area contributed by atoms with Crippen molar-refractivity contribution in [2.45, 2.75) is 51.2 Å². The Morgan fingerprint density at radius 2 is 1.84 bits per heavy atom. The summed E-state index contributed by atoms with van der Waals surface area (Å²) in [6.07, 6.45) is -4.71. The second-order valence-electron chi connectivity index (χ2n) is 8.68. The van der Waals surface area contributed by atoms with Crippen molar-refractivity contribution < 1.29 is 45.9 Å². The van der Waals surface area contributed by atoms with Crippen LogP contribution in [0.15, 0.2) is 36.4 Å². The third-order valence-electron chi connectivity index (χ3n) is 6.09. The predicted molar refractivity (Wildman–Crippen MR) is 116 cm³/mol. The molecule has 4 rings (SSSR count). The molecule has 0 aliphatic carbocycles. The van der Waals surface area contributed by atoms with Gasteiger partial charge in [0, 0.05) is 30.6 Å². The van der Waals surface area contributed by atoms with Gasteiger partial charge in [-0.2, -0.15) is 8.78 Å². The van der Waals surface area contributed by atoms with Gasteiger partial charge in [0.15, 0.2) is 0 Å². The van der Waals surface area contributed by atoms with Crippen LogP contribution in [0, 0.1) is 6.92 Å². The fraction of sp³-hybridized carbons (Fsp3) is 0.333. The predicted octanol–water partition coefficient (Wildman–Crippen LogP) is 3.06. The number of piperidine rings is 1. The van der Waals surface area contributed by atoms with Crippen molar-refractivity contribution in [3.05, 3.63) is 64.2 Å². The summed E-state index contributed by atoms with van der Waals surface area (Å²) in [7, 11) is 0. The maximum absolute atomic E-state index is 14.7. The lowest BCUT2D eigenvalue weighted by Gasteiger charge is -2.29. The number of ether oxygens (including phenoxy) is 1. The van der Waals surface area contributed by atoms with E-state index in [0.717, 1.165) is 13.0 Å². The van der Waals surface area contributed by atoms with Gasteiger partial charge in [-0.15, -0.1) is 13.2 Å². The largest absolute Gasteiger partial charge is 0.573 e. The van der Waals surface area contributed by atoms with E-state index in [0.29, 0.717) is 28.8 Å². The summed E-state index contributed by atoms with van der Waals surface area (Å²) >= 11 is 0. The van der Waals surface area contributed by atoms with E-state index in [-0.39, 0.29) is 31.5 Å². The summed E-state index contributed by atoms with van der Waals surface area (Å²) in [5.74, 6) is -7.76. The molecule has 0 spiro atoms. The van der Waals surface area contributed by atoms with Crippen LogP contribution >= 0.6 is 0 Å². The van der Waals surface area contributed by atoms with Crippen LogP contribution in [-0.2, 0) is 33.4 Å². The first-order chi connectivity index (χ1) is 17.3. The fourth-order valence-corrected chi connectivity index (χ4v) is 4.25. The second kappa shape index (κ2) is 9.45. The van der Waals surface area contributed by atoms with Crippen molar-refractivity contribution in [1.82, 2.24) is 15.5 Å². The molecular formula is C24H20F5N3O5. The summed E-state index contributed by atoms with van der Waals surface area (Å²) in [6.45, 7) is 0.898. The van der Waals surface area contributed by atoms with Crippen LogP contribution in [0.3, 0.4) is 0 Å². The Hall–Kier alpha value is -4.03. The smallest absolute Gasteiger partial charge is 0.406 e. The zero-order valence-corrected chi connectivity index (χ0v) is 19.2. The molecule has 1 atom stereocenters. The zero-order chi connectivity index (χ0) is 27.1. The highest BCUT2D eigenvalue weighted by Gasteiger charge is 2.42. The van der Waals surface area contributed by atoms with Crippen molar-refractivity contribution in [3.63, 3.8) is 0 Å². The van der Waals surface area contributed by atoms with E-state index in [1.165, 1.54) is 17.0 Å². The van der Waals surface area contributed by atoms with Gasteiger partial charge >= 0.3 is 12.3 Å². The van der Waals surface area contributed by atoms with Gasteiger partial charge in [0.25, 0.3) is 11.8 Å². The Kier molecular flexibility index (Phi) is 6.65. The highest BCUT2D eigenvalue weighted by atomic mass is 19.4. The quantitative estimate of drug-likeness (QED) is 0.446. The van der Waals surface area contributed by atoms with Gasteiger partial charge in [-0.25, -0.2) is 0 Å². The Morgan fingerprint density at radius 1 is 1.11 bits per heavy atom. The Morgan fingerprint density at radius 3 is 2.49 bits per heavy atom. The van der Waals surface area contributed by atoms with Crippen LogP contribution in [0.25, 0.3) is 0 Å². The Bertz CT molecular complexity index is 1290. The van der Waals surface area contributed by atoms with Crippen LogP contribution in [0.4, 0.5) is 22.0 Å². The number of rotatable bonds is 6. The molecule has 8 nitrogen and oxygen atoms in total. The minimum Gasteiger partial charge on any atom is -0.406 e. The molecule has 0 saturated carbocycles. The summed E-state index contributed by atoms with van der Waals surface area (Å²) in [5, 5.41) is 4.29. The minimum atomic E-state index is -4.99. The topological polar surface area (TPSA) is 105 Å². The maximum Gasteiger partial charge on any atom is 0.573 e. The van der Waals surface area contributed by atoms with Crippen LogP contribution in [0.5, 0.6) is 5.75 Å².